The minimum Gasteiger partial charge on any atom is -0.469 e. The lowest BCUT2D eigenvalue weighted by Gasteiger charge is -2.16. The molecule has 0 aromatic heterocycles. The van der Waals surface area contributed by atoms with Crippen LogP contribution in [-0.4, -0.2) is 17.9 Å². The van der Waals surface area contributed by atoms with Crippen molar-refractivity contribution in [3.63, 3.8) is 0 Å². The van der Waals surface area contributed by atoms with Crippen molar-refractivity contribution in [2.75, 3.05) is 7.11 Å². The van der Waals surface area contributed by atoms with Crippen LogP contribution in [0.15, 0.2) is 30.3 Å². The second-order valence-corrected chi connectivity index (χ2v) is 5.61. The second-order valence-electron chi connectivity index (χ2n) is 3.44. The van der Waals surface area contributed by atoms with Gasteiger partial charge in [0.15, 0.2) is 0 Å². The highest BCUT2D eigenvalue weighted by Gasteiger charge is 2.18. The smallest absolute Gasteiger partial charge is 0.305 e. The van der Waals surface area contributed by atoms with Crippen LogP contribution < -0.4 is 0 Å². The zero-order chi connectivity index (χ0) is 12.0. The predicted octanol–water partition coefficient (Wildman–Crippen LogP) is 3.84. The number of esters is 1. The fourth-order valence-electron chi connectivity index (χ4n) is 1.35. The molecular weight excluding hydrogens is 336 g/mol. The summed E-state index contributed by atoms with van der Waals surface area (Å²) >= 11 is 7.21. The monoisotopic (exact) mass is 348 g/mol. The number of methoxy groups -OCH3 is 1. The van der Waals surface area contributed by atoms with Crippen LogP contribution in [-0.2, 0) is 9.53 Å². The van der Waals surface area contributed by atoms with E-state index in [-0.39, 0.29) is 15.6 Å². The van der Waals surface area contributed by atoms with Gasteiger partial charge in [-0.25, -0.2) is 0 Å². The summed E-state index contributed by atoms with van der Waals surface area (Å²) in [5.74, 6) is -0.169. The second kappa shape index (κ2) is 7.07. The first-order chi connectivity index (χ1) is 7.65. The van der Waals surface area contributed by atoms with Gasteiger partial charge in [0.05, 0.1) is 11.9 Å². The number of hydrogen-bond donors (Lipinski definition) is 0. The highest BCUT2D eigenvalue weighted by Crippen LogP contribution is 2.33. The third-order valence-electron chi connectivity index (χ3n) is 2.29. The van der Waals surface area contributed by atoms with E-state index in [1.54, 1.807) is 0 Å². The molecule has 0 aliphatic heterocycles. The van der Waals surface area contributed by atoms with Gasteiger partial charge in [0.2, 0.25) is 0 Å². The Bertz CT molecular complexity index is 327. The zero-order valence-electron chi connectivity index (χ0n) is 9.03. The average Bonchev–Trinajstić information content (AvgIpc) is 2.35. The van der Waals surface area contributed by atoms with Crippen molar-refractivity contribution in [1.82, 2.24) is 0 Å². The Kier molecular flexibility index (Phi) is 6.06. The molecule has 0 fully saturated rings. The molecule has 0 radical (unpaired) electrons. The highest BCUT2D eigenvalue weighted by atomic mass is 79.9. The standard InChI is InChI=1S/C12H14Br2O2/c1-16-11(15)8-7-10(13)12(14)9-5-3-2-4-6-9/h2-6,10,12H,7-8H2,1H3. The van der Waals surface area contributed by atoms with Crippen molar-refractivity contribution < 1.29 is 9.53 Å². The van der Waals surface area contributed by atoms with Gasteiger partial charge in [0.1, 0.15) is 0 Å². The number of benzene rings is 1. The number of carbonyl (C=O) groups is 1. The van der Waals surface area contributed by atoms with E-state index in [1.165, 1.54) is 12.7 Å². The Morgan fingerprint density at radius 3 is 2.50 bits per heavy atom. The number of carbonyl (C=O) groups excluding carboxylic acids is 1. The number of alkyl halides is 2. The first-order valence-electron chi connectivity index (χ1n) is 5.05. The lowest BCUT2D eigenvalue weighted by molar-refractivity contribution is -0.140. The van der Waals surface area contributed by atoms with Gasteiger partial charge in [-0.15, -0.1) is 0 Å². The van der Waals surface area contributed by atoms with Crippen molar-refractivity contribution in [3.05, 3.63) is 35.9 Å². The van der Waals surface area contributed by atoms with Gasteiger partial charge >= 0.3 is 5.97 Å². The Hall–Kier alpha value is -0.350. The van der Waals surface area contributed by atoms with E-state index in [1.807, 2.05) is 18.2 Å². The number of ether oxygens (including phenoxy) is 1. The molecule has 0 amide bonds. The van der Waals surface area contributed by atoms with Crippen LogP contribution in [0.3, 0.4) is 0 Å². The molecule has 88 valence electrons. The Labute approximate surface area is 113 Å². The fourth-order valence-corrected chi connectivity index (χ4v) is 2.45. The molecule has 16 heavy (non-hydrogen) atoms. The molecule has 2 nitrogen and oxygen atoms in total. The van der Waals surface area contributed by atoms with Gasteiger partial charge in [0, 0.05) is 11.2 Å². The first-order valence-corrected chi connectivity index (χ1v) is 6.88. The molecule has 0 spiro atoms. The maximum absolute atomic E-state index is 11.0. The first kappa shape index (κ1) is 13.7. The molecule has 2 unspecified atom stereocenters. The van der Waals surface area contributed by atoms with Gasteiger partial charge < -0.3 is 4.74 Å². The van der Waals surface area contributed by atoms with Gasteiger partial charge in [-0.3, -0.25) is 4.79 Å². The quantitative estimate of drug-likeness (QED) is 0.596. The molecule has 0 aliphatic carbocycles. The summed E-state index contributed by atoms with van der Waals surface area (Å²) in [4.78, 5) is 11.4. The lowest BCUT2D eigenvalue weighted by Crippen LogP contribution is -2.10. The molecule has 0 heterocycles. The molecule has 1 rings (SSSR count). The Morgan fingerprint density at radius 2 is 1.94 bits per heavy atom. The lowest BCUT2D eigenvalue weighted by atomic mass is 10.1. The van der Waals surface area contributed by atoms with Crippen molar-refractivity contribution in [3.8, 4) is 0 Å². The van der Waals surface area contributed by atoms with Crippen LogP contribution in [0.2, 0.25) is 0 Å². The van der Waals surface area contributed by atoms with Crippen molar-refractivity contribution >= 4 is 37.8 Å². The summed E-state index contributed by atoms with van der Waals surface area (Å²) < 4.78 is 4.61. The zero-order valence-corrected chi connectivity index (χ0v) is 12.2. The summed E-state index contributed by atoms with van der Waals surface area (Å²) in [5.41, 5.74) is 1.20. The highest BCUT2D eigenvalue weighted by molar-refractivity contribution is 9.12. The number of rotatable bonds is 5. The van der Waals surface area contributed by atoms with Gasteiger partial charge in [0.25, 0.3) is 0 Å². The fraction of sp³-hybridized carbons (Fsp3) is 0.417. The molecule has 2 atom stereocenters. The van der Waals surface area contributed by atoms with Crippen LogP contribution >= 0.6 is 31.9 Å². The molecule has 4 heteroatoms. The number of halogens is 2. The van der Waals surface area contributed by atoms with Crippen LogP contribution in [0.25, 0.3) is 0 Å². The largest absolute Gasteiger partial charge is 0.469 e. The topological polar surface area (TPSA) is 26.3 Å². The summed E-state index contributed by atoms with van der Waals surface area (Å²) in [5, 5.41) is 0. The van der Waals surface area contributed by atoms with E-state index >= 15 is 0 Å². The summed E-state index contributed by atoms with van der Waals surface area (Å²) in [7, 11) is 1.41. The Morgan fingerprint density at radius 1 is 1.31 bits per heavy atom. The summed E-state index contributed by atoms with van der Waals surface area (Å²) in [6.07, 6.45) is 1.18. The van der Waals surface area contributed by atoms with E-state index < -0.39 is 0 Å². The molecular formula is C12H14Br2O2. The van der Waals surface area contributed by atoms with Gasteiger partial charge in [-0.2, -0.15) is 0 Å². The van der Waals surface area contributed by atoms with Gasteiger partial charge in [-0.1, -0.05) is 62.2 Å². The maximum Gasteiger partial charge on any atom is 0.305 e. The van der Waals surface area contributed by atoms with Gasteiger partial charge in [-0.05, 0) is 12.0 Å². The van der Waals surface area contributed by atoms with Crippen molar-refractivity contribution in [2.45, 2.75) is 22.5 Å². The minimum absolute atomic E-state index is 0.169. The Balaban J connectivity index is 2.48. The van der Waals surface area contributed by atoms with Crippen LogP contribution in [0.4, 0.5) is 0 Å². The normalized spacial score (nSPS) is 14.2. The van der Waals surface area contributed by atoms with Crippen LogP contribution in [0, 0.1) is 0 Å². The average molecular weight is 350 g/mol. The van der Waals surface area contributed by atoms with Crippen LogP contribution in [0.1, 0.15) is 23.2 Å². The SMILES string of the molecule is COC(=O)CCC(Br)C(Br)c1ccccc1. The van der Waals surface area contributed by atoms with Crippen molar-refractivity contribution in [2.24, 2.45) is 0 Å². The third-order valence-corrected chi connectivity index (χ3v) is 5.15. The summed E-state index contributed by atoms with van der Waals surface area (Å²) in [6.45, 7) is 0. The minimum atomic E-state index is -0.169. The molecule has 0 aliphatic rings. The van der Waals surface area contributed by atoms with E-state index in [2.05, 4.69) is 48.7 Å². The molecule has 0 saturated carbocycles. The molecule has 0 N–H and O–H groups in total. The van der Waals surface area contributed by atoms with Crippen LogP contribution in [0.5, 0.6) is 0 Å². The van der Waals surface area contributed by atoms with Crippen molar-refractivity contribution in [1.29, 1.82) is 0 Å². The van der Waals surface area contributed by atoms with E-state index in [0.29, 0.717) is 6.42 Å². The third kappa shape index (κ3) is 4.26. The maximum atomic E-state index is 11.0. The molecule has 1 aromatic carbocycles. The molecule has 0 bridgehead atoms. The molecule has 1 aromatic rings. The number of hydrogen-bond acceptors (Lipinski definition) is 2. The molecule has 0 saturated heterocycles. The van der Waals surface area contributed by atoms with E-state index in [4.69, 9.17) is 0 Å². The van der Waals surface area contributed by atoms with E-state index in [9.17, 15) is 4.79 Å². The summed E-state index contributed by atoms with van der Waals surface area (Å²) in [6, 6.07) is 10.1. The van der Waals surface area contributed by atoms with E-state index in [0.717, 1.165) is 6.42 Å². The predicted molar refractivity (Wildman–Crippen MR) is 72.1 cm³/mol.